The highest BCUT2D eigenvalue weighted by molar-refractivity contribution is 6.19. The van der Waals surface area contributed by atoms with Crippen molar-refractivity contribution in [1.29, 1.82) is 0 Å². The minimum Gasteiger partial charge on any atom is -0.437 e. The van der Waals surface area contributed by atoms with Gasteiger partial charge in [-0.1, -0.05) is 54.6 Å². The second-order valence-electron chi connectivity index (χ2n) is 10.7. The van der Waals surface area contributed by atoms with Crippen LogP contribution in [0.3, 0.4) is 0 Å². The Hall–Kier alpha value is -4.54. The van der Waals surface area contributed by atoms with Crippen molar-refractivity contribution in [3.05, 3.63) is 95.3 Å². The number of pyridine rings is 1. The van der Waals surface area contributed by atoms with Crippen LogP contribution in [0.5, 0.6) is 0 Å². The Morgan fingerprint density at radius 1 is 0.976 bits per heavy atom. The number of amides is 1. The van der Waals surface area contributed by atoms with Gasteiger partial charge in [-0.15, -0.1) is 0 Å². The lowest BCUT2D eigenvalue weighted by atomic mass is 9.94. The number of morpholine rings is 1. The highest BCUT2D eigenvalue weighted by Crippen LogP contribution is 2.34. The number of allylic oxidation sites excluding steroid dienone is 2. The lowest BCUT2D eigenvalue weighted by Crippen LogP contribution is -2.38. The van der Waals surface area contributed by atoms with Crippen molar-refractivity contribution < 1.29 is 14.3 Å². The number of aliphatic imine (C=N–C) groups is 2. The van der Waals surface area contributed by atoms with E-state index in [0.29, 0.717) is 24.6 Å². The van der Waals surface area contributed by atoms with E-state index < -0.39 is 12.4 Å². The molecule has 1 amide bonds. The molecule has 1 unspecified atom stereocenters. The van der Waals surface area contributed by atoms with E-state index in [1.165, 1.54) is 18.4 Å². The molecule has 214 valence electrons. The van der Waals surface area contributed by atoms with Crippen LogP contribution in [0.1, 0.15) is 54.3 Å². The molecule has 10 heteroatoms. The Morgan fingerprint density at radius 3 is 2.64 bits per heavy atom. The second-order valence-corrected chi connectivity index (χ2v) is 10.7. The Morgan fingerprint density at radius 2 is 1.81 bits per heavy atom. The molecule has 10 nitrogen and oxygen atoms in total. The fourth-order valence-electron chi connectivity index (χ4n) is 5.75. The molecule has 0 bridgehead atoms. The average molecular weight is 564 g/mol. The van der Waals surface area contributed by atoms with Crippen LogP contribution in [0.25, 0.3) is 5.57 Å². The highest BCUT2D eigenvalue weighted by atomic mass is 16.5. The summed E-state index contributed by atoms with van der Waals surface area (Å²) in [7, 11) is 0. The summed E-state index contributed by atoms with van der Waals surface area (Å²) in [5, 5.41) is 2.98. The number of amidine groups is 1. The lowest BCUT2D eigenvalue weighted by Gasteiger charge is -2.31. The van der Waals surface area contributed by atoms with E-state index in [0.717, 1.165) is 54.0 Å². The molecular weight excluding hydrogens is 530 g/mol. The molecule has 2 atom stereocenters. The molecule has 4 aliphatic rings. The first-order chi connectivity index (χ1) is 20.7. The van der Waals surface area contributed by atoms with Crippen LogP contribution in [0, 0.1) is 0 Å². The summed E-state index contributed by atoms with van der Waals surface area (Å²) < 4.78 is 11.8. The molecule has 2 fully saturated rings. The maximum atomic E-state index is 13.3. The van der Waals surface area contributed by atoms with Gasteiger partial charge < -0.3 is 19.7 Å². The molecule has 2 saturated heterocycles. The van der Waals surface area contributed by atoms with E-state index in [1.807, 2.05) is 60.8 Å². The summed E-state index contributed by atoms with van der Waals surface area (Å²) in [6.45, 7) is 2.88. The van der Waals surface area contributed by atoms with E-state index in [2.05, 4.69) is 38.2 Å². The number of nitrogens with zero attached hydrogens (tertiary/aromatic N) is 4. The van der Waals surface area contributed by atoms with E-state index >= 15 is 0 Å². The number of nitrogens with one attached hydrogen (secondary N) is 3. The number of para-hydroxylation sites is 1. The SMILES string of the molecule is O=C1Nc2ccccc2C(c2ccccc2)=N[C@@H]1/N=C1\NNC(c2ncc(C3=CCCCC3)cc2N2CCOCC2)O1. The van der Waals surface area contributed by atoms with Gasteiger partial charge in [-0.2, -0.15) is 10.4 Å². The Balaban J connectivity index is 1.19. The van der Waals surface area contributed by atoms with Gasteiger partial charge in [0, 0.05) is 30.4 Å². The van der Waals surface area contributed by atoms with E-state index in [4.69, 9.17) is 19.5 Å². The first kappa shape index (κ1) is 26.4. The number of benzodiazepines with no additional fused rings is 1. The maximum Gasteiger partial charge on any atom is 0.304 e. The Labute approximate surface area is 244 Å². The number of aromatic nitrogens is 1. The first-order valence-electron chi connectivity index (χ1n) is 14.5. The number of ether oxygens (including phenoxy) is 2. The van der Waals surface area contributed by atoms with E-state index in [9.17, 15) is 4.79 Å². The molecule has 4 heterocycles. The molecule has 2 aromatic carbocycles. The maximum absolute atomic E-state index is 13.3. The first-order valence-corrected chi connectivity index (χ1v) is 14.5. The monoisotopic (exact) mass is 563 g/mol. The third kappa shape index (κ3) is 5.38. The number of carbonyl (C=O) groups excluding carboxylic acids is 1. The summed E-state index contributed by atoms with van der Waals surface area (Å²) in [5.74, 6) is -0.341. The topological polar surface area (TPSA) is 112 Å². The standard InChI is InChI=1S/C32H33N7O3/c40-30-29(35-27(22-11-5-2-6-12-22)24-13-7-8-14-25(24)34-30)36-32-38-37-31(42-32)28-26(39-15-17-41-18-16-39)19-23(20-33-28)21-9-3-1-4-10-21/h2,5-9,11-14,19-20,29,31,37H,1,3-4,10,15-18H2,(H,34,40)(H,36,38)/t29-,31?/m1/s1. The summed E-state index contributed by atoms with van der Waals surface area (Å²) in [6, 6.07) is 19.8. The van der Waals surface area contributed by atoms with Crippen molar-refractivity contribution in [2.75, 3.05) is 36.5 Å². The van der Waals surface area contributed by atoms with Crippen molar-refractivity contribution in [2.45, 2.75) is 38.1 Å². The molecule has 0 radical (unpaired) electrons. The predicted octanol–water partition coefficient (Wildman–Crippen LogP) is 4.17. The van der Waals surface area contributed by atoms with Gasteiger partial charge in [-0.3, -0.25) is 15.2 Å². The van der Waals surface area contributed by atoms with Gasteiger partial charge >= 0.3 is 6.02 Å². The van der Waals surface area contributed by atoms with E-state index in [-0.39, 0.29) is 11.9 Å². The summed E-state index contributed by atoms with van der Waals surface area (Å²) in [5.41, 5.74) is 13.5. The predicted molar refractivity (Wildman–Crippen MR) is 162 cm³/mol. The molecule has 3 N–H and O–H groups in total. The van der Waals surface area contributed by atoms with Crippen LogP contribution < -0.4 is 21.1 Å². The normalized spacial score (nSPS) is 23.2. The minimum absolute atomic E-state index is 0.177. The van der Waals surface area contributed by atoms with Crippen molar-refractivity contribution in [2.24, 2.45) is 9.98 Å². The number of hydrazine groups is 1. The van der Waals surface area contributed by atoms with Gasteiger partial charge in [-0.25, -0.2) is 4.99 Å². The minimum atomic E-state index is -1.05. The third-order valence-corrected chi connectivity index (χ3v) is 7.91. The summed E-state index contributed by atoms with van der Waals surface area (Å²) in [4.78, 5) is 29.9. The zero-order chi connectivity index (χ0) is 28.3. The zero-order valence-corrected chi connectivity index (χ0v) is 23.3. The van der Waals surface area contributed by atoms with Crippen LogP contribution in [-0.2, 0) is 14.3 Å². The van der Waals surface area contributed by atoms with Crippen molar-refractivity contribution in [3.63, 3.8) is 0 Å². The Kier molecular flexibility index (Phi) is 7.38. The molecule has 7 rings (SSSR count). The second kappa shape index (κ2) is 11.8. The zero-order valence-electron chi connectivity index (χ0n) is 23.3. The van der Waals surface area contributed by atoms with Gasteiger partial charge in [0.15, 0.2) is 0 Å². The van der Waals surface area contributed by atoms with Crippen molar-refractivity contribution in [3.8, 4) is 0 Å². The van der Waals surface area contributed by atoms with Crippen LogP contribution >= 0.6 is 0 Å². The molecule has 0 saturated carbocycles. The number of fused-ring (bicyclic) bond motifs is 1. The molecule has 0 spiro atoms. The molecule has 3 aromatic rings. The fraction of sp³-hybridized carbons (Fsp3) is 0.312. The van der Waals surface area contributed by atoms with Gasteiger partial charge in [0.2, 0.25) is 12.4 Å². The van der Waals surface area contributed by atoms with Crippen molar-refractivity contribution >= 4 is 34.6 Å². The number of rotatable bonds is 5. The largest absolute Gasteiger partial charge is 0.437 e. The smallest absolute Gasteiger partial charge is 0.304 e. The van der Waals surface area contributed by atoms with Crippen LogP contribution in [0.4, 0.5) is 11.4 Å². The quantitative estimate of drug-likeness (QED) is 0.427. The van der Waals surface area contributed by atoms with Gasteiger partial charge in [-0.05, 0) is 49.0 Å². The molecule has 1 aromatic heterocycles. The summed E-state index contributed by atoms with van der Waals surface area (Å²) >= 11 is 0. The van der Waals surface area contributed by atoms with Crippen LogP contribution in [0.15, 0.2) is 82.9 Å². The third-order valence-electron chi connectivity index (χ3n) is 7.91. The number of hydrogen-bond acceptors (Lipinski definition) is 8. The molecule has 42 heavy (non-hydrogen) atoms. The van der Waals surface area contributed by atoms with E-state index in [1.54, 1.807) is 0 Å². The molecular formula is C32H33N7O3. The number of carbonyl (C=O) groups is 1. The molecule has 3 aliphatic heterocycles. The fourth-order valence-corrected chi connectivity index (χ4v) is 5.75. The van der Waals surface area contributed by atoms with Crippen LogP contribution in [0.2, 0.25) is 0 Å². The van der Waals surface area contributed by atoms with Gasteiger partial charge in [0.05, 0.1) is 30.3 Å². The van der Waals surface area contributed by atoms with Crippen LogP contribution in [-0.4, -0.2) is 55.1 Å². The average Bonchev–Trinajstić information content (AvgIpc) is 3.47. The van der Waals surface area contributed by atoms with Gasteiger partial charge in [0.1, 0.15) is 5.69 Å². The Bertz CT molecular complexity index is 1560. The lowest BCUT2D eigenvalue weighted by molar-refractivity contribution is -0.117. The number of anilines is 2. The molecule has 1 aliphatic carbocycles. The van der Waals surface area contributed by atoms with Gasteiger partial charge in [0.25, 0.3) is 5.91 Å². The highest BCUT2D eigenvalue weighted by Gasteiger charge is 2.32. The van der Waals surface area contributed by atoms with Crippen molar-refractivity contribution in [1.82, 2.24) is 15.8 Å². The number of hydrogen-bond donors (Lipinski definition) is 3. The number of benzene rings is 2. The summed E-state index contributed by atoms with van der Waals surface area (Å²) in [6.07, 6.45) is 7.23.